The van der Waals surface area contributed by atoms with Crippen LogP contribution < -0.4 is 11.1 Å². The quantitative estimate of drug-likeness (QED) is 0.328. The van der Waals surface area contributed by atoms with E-state index in [1.807, 2.05) is 46.2 Å². The molecule has 1 aliphatic rings. The van der Waals surface area contributed by atoms with E-state index in [-0.39, 0.29) is 25.9 Å². The number of unbranched alkanes of at least 4 members (excludes halogenated alkanes) is 1. The van der Waals surface area contributed by atoms with Gasteiger partial charge in [-0.15, -0.1) is 0 Å². The van der Waals surface area contributed by atoms with Gasteiger partial charge in [-0.25, -0.2) is 4.98 Å². The zero-order valence-corrected chi connectivity index (χ0v) is 22.1. The second kappa shape index (κ2) is 13.1. The summed E-state index contributed by atoms with van der Waals surface area (Å²) >= 11 is 0. The molecule has 0 radical (unpaired) electrons. The molecule has 214 valence electrons. The van der Waals surface area contributed by atoms with Gasteiger partial charge in [-0.1, -0.05) is 36.4 Å². The van der Waals surface area contributed by atoms with Gasteiger partial charge in [-0.05, 0) is 37.1 Å². The van der Waals surface area contributed by atoms with Crippen molar-refractivity contribution in [3.8, 4) is 11.5 Å². The predicted molar refractivity (Wildman–Crippen MR) is 142 cm³/mol. The van der Waals surface area contributed by atoms with Gasteiger partial charge in [0.15, 0.2) is 5.76 Å². The number of rotatable bonds is 12. The molecule has 0 spiro atoms. The molecule has 0 bridgehead atoms. The number of carbonyl (C=O) groups is 2. The lowest BCUT2D eigenvalue weighted by atomic mass is 9.84. The molecule has 40 heavy (non-hydrogen) atoms. The zero-order valence-electron chi connectivity index (χ0n) is 22.1. The summed E-state index contributed by atoms with van der Waals surface area (Å²) in [6.07, 6.45) is 0.179. The second-order valence-electron chi connectivity index (χ2n) is 9.95. The van der Waals surface area contributed by atoms with Crippen molar-refractivity contribution in [1.82, 2.24) is 25.1 Å². The molecule has 1 fully saturated rings. The molecule has 3 heterocycles. The van der Waals surface area contributed by atoms with Crippen LogP contribution in [0.15, 0.2) is 65.3 Å². The lowest BCUT2D eigenvalue weighted by Gasteiger charge is -2.49. The van der Waals surface area contributed by atoms with Crippen molar-refractivity contribution in [1.29, 1.82) is 0 Å². The van der Waals surface area contributed by atoms with Crippen LogP contribution in [-0.2, 0) is 22.6 Å². The van der Waals surface area contributed by atoms with Gasteiger partial charge < -0.3 is 15.5 Å². The maximum absolute atomic E-state index is 13.7. The van der Waals surface area contributed by atoms with Crippen molar-refractivity contribution >= 4 is 11.8 Å². The predicted octanol–water partition coefficient (Wildman–Crippen LogP) is 3.17. The Hall–Kier alpha value is -3.77. The van der Waals surface area contributed by atoms with Gasteiger partial charge in [0.2, 0.25) is 17.7 Å². The fourth-order valence-corrected chi connectivity index (χ4v) is 5.03. The Labute approximate surface area is 230 Å². The van der Waals surface area contributed by atoms with E-state index in [0.717, 1.165) is 5.56 Å². The molecule has 4 rings (SSSR count). The molecule has 9 nitrogen and oxygen atoms in total. The maximum Gasteiger partial charge on any atom is 0.405 e. The van der Waals surface area contributed by atoms with Crippen molar-refractivity contribution in [2.75, 3.05) is 32.7 Å². The van der Waals surface area contributed by atoms with Crippen LogP contribution >= 0.6 is 0 Å². The highest BCUT2D eigenvalue weighted by Crippen LogP contribution is 2.30. The number of pyridine rings is 1. The Morgan fingerprint density at radius 3 is 2.52 bits per heavy atom. The normalized spacial score (nSPS) is 18.5. The van der Waals surface area contributed by atoms with Gasteiger partial charge in [0.1, 0.15) is 17.8 Å². The van der Waals surface area contributed by atoms with Gasteiger partial charge in [0.05, 0.1) is 12.7 Å². The summed E-state index contributed by atoms with van der Waals surface area (Å²) in [4.78, 5) is 37.5. The molecule has 1 unspecified atom stereocenters. The third kappa shape index (κ3) is 7.89. The molecule has 1 saturated heterocycles. The van der Waals surface area contributed by atoms with E-state index in [2.05, 4.69) is 15.3 Å². The Balaban J connectivity index is 1.60. The minimum atomic E-state index is -4.55. The minimum Gasteiger partial charge on any atom is -0.438 e. The van der Waals surface area contributed by atoms with Gasteiger partial charge in [-0.2, -0.15) is 13.2 Å². The number of carbonyl (C=O) groups excluding carboxylic acids is 2. The fourth-order valence-electron chi connectivity index (χ4n) is 5.03. The summed E-state index contributed by atoms with van der Waals surface area (Å²) in [5.74, 6) is -0.198. The van der Waals surface area contributed by atoms with Crippen molar-refractivity contribution in [3.63, 3.8) is 0 Å². The average Bonchev–Trinajstić information content (AvgIpc) is 3.39. The SMILES string of the molecule is NC(=O)CCCCN1CCN(Cc2ncc(-c3ccccn3)o2)CC1(Cc1ccccc1)C(=O)NCC(F)(F)F. The van der Waals surface area contributed by atoms with Crippen LogP contribution in [0.5, 0.6) is 0 Å². The maximum atomic E-state index is 13.7. The molecule has 3 N–H and O–H groups in total. The number of primary amides is 1. The summed E-state index contributed by atoms with van der Waals surface area (Å²) in [6, 6.07) is 14.7. The summed E-state index contributed by atoms with van der Waals surface area (Å²) in [5.41, 5.74) is 5.43. The van der Waals surface area contributed by atoms with Crippen molar-refractivity contribution < 1.29 is 27.2 Å². The Morgan fingerprint density at radius 2 is 1.82 bits per heavy atom. The van der Waals surface area contributed by atoms with Gasteiger partial charge >= 0.3 is 6.18 Å². The first kappa shape index (κ1) is 29.2. The van der Waals surface area contributed by atoms with Crippen LogP contribution in [0.3, 0.4) is 0 Å². The molecule has 3 aromatic rings. The Morgan fingerprint density at radius 1 is 1.05 bits per heavy atom. The monoisotopic (exact) mass is 558 g/mol. The lowest BCUT2D eigenvalue weighted by molar-refractivity contribution is -0.150. The molecule has 2 amide bonds. The molecule has 12 heteroatoms. The number of halogens is 3. The molecule has 2 aromatic heterocycles. The third-order valence-corrected chi connectivity index (χ3v) is 6.92. The third-order valence-electron chi connectivity index (χ3n) is 6.92. The van der Waals surface area contributed by atoms with E-state index in [9.17, 15) is 22.8 Å². The van der Waals surface area contributed by atoms with Crippen LogP contribution in [0, 0.1) is 0 Å². The molecular weight excluding hydrogens is 525 g/mol. The van der Waals surface area contributed by atoms with Crippen LogP contribution in [0.25, 0.3) is 11.5 Å². The van der Waals surface area contributed by atoms with Gasteiger partial charge in [0, 0.05) is 38.7 Å². The zero-order chi connectivity index (χ0) is 28.6. The summed E-state index contributed by atoms with van der Waals surface area (Å²) < 4.78 is 45.4. The summed E-state index contributed by atoms with van der Waals surface area (Å²) in [7, 11) is 0. The number of oxazole rings is 1. The van der Waals surface area contributed by atoms with Crippen molar-refractivity contribution in [2.24, 2.45) is 5.73 Å². The molecular formula is C28H33F3N6O3. The van der Waals surface area contributed by atoms with E-state index in [1.165, 1.54) is 0 Å². The number of hydrogen-bond donors (Lipinski definition) is 2. The number of nitrogens with two attached hydrogens (primary N) is 1. The number of benzene rings is 1. The standard InChI is InChI=1S/C28H33F3N6O3/c29-28(30,31)19-35-26(39)27(16-21-8-2-1-3-9-21)20-36(14-15-37(27)13-7-5-11-24(32)38)18-25-34-17-23(40-25)22-10-4-6-12-33-22/h1-4,6,8-10,12,17H,5,7,11,13-16,18-20H2,(H2,32,38)(H,35,39). The molecule has 0 aliphatic carbocycles. The topological polar surface area (TPSA) is 118 Å². The van der Waals surface area contributed by atoms with Crippen molar-refractivity contribution in [2.45, 2.75) is 43.9 Å². The van der Waals surface area contributed by atoms with E-state index >= 15 is 0 Å². The Bertz CT molecular complexity index is 1250. The number of amides is 2. The van der Waals surface area contributed by atoms with Crippen LogP contribution in [0.4, 0.5) is 13.2 Å². The van der Waals surface area contributed by atoms with E-state index in [0.29, 0.717) is 49.8 Å². The smallest absolute Gasteiger partial charge is 0.405 e. The largest absolute Gasteiger partial charge is 0.438 e. The molecule has 1 aliphatic heterocycles. The summed E-state index contributed by atoms with van der Waals surface area (Å²) in [6.45, 7) is 0.395. The van der Waals surface area contributed by atoms with Crippen molar-refractivity contribution in [3.05, 3.63) is 72.4 Å². The first-order chi connectivity index (χ1) is 19.1. The van der Waals surface area contributed by atoms with Crippen LogP contribution in [-0.4, -0.2) is 76.0 Å². The number of piperazine rings is 1. The highest BCUT2D eigenvalue weighted by atomic mass is 19.4. The number of hydrogen-bond acceptors (Lipinski definition) is 7. The highest BCUT2D eigenvalue weighted by molar-refractivity contribution is 5.87. The number of nitrogens with zero attached hydrogens (tertiary/aromatic N) is 4. The van der Waals surface area contributed by atoms with E-state index in [1.54, 1.807) is 24.5 Å². The van der Waals surface area contributed by atoms with Crippen LogP contribution in [0.1, 0.15) is 30.7 Å². The number of nitrogens with one attached hydrogen (secondary N) is 1. The first-order valence-electron chi connectivity index (χ1n) is 13.2. The average molecular weight is 559 g/mol. The number of alkyl halides is 3. The fraction of sp³-hybridized carbons (Fsp3) is 0.429. The van der Waals surface area contributed by atoms with E-state index < -0.39 is 30.1 Å². The Kier molecular flexibility index (Phi) is 9.54. The summed E-state index contributed by atoms with van der Waals surface area (Å²) in [5, 5.41) is 2.15. The molecule has 1 aromatic carbocycles. The lowest BCUT2D eigenvalue weighted by Crippen LogP contribution is -2.70. The number of aromatic nitrogens is 2. The van der Waals surface area contributed by atoms with Gasteiger partial charge in [-0.3, -0.25) is 24.4 Å². The van der Waals surface area contributed by atoms with Crippen LogP contribution in [0.2, 0.25) is 0 Å². The first-order valence-corrected chi connectivity index (χ1v) is 13.2. The minimum absolute atomic E-state index is 0.155. The molecule has 1 atom stereocenters. The second-order valence-corrected chi connectivity index (χ2v) is 9.95. The molecule has 0 saturated carbocycles. The van der Waals surface area contributed by atoms with Gasteiger partial charge in [0.25, 0.3) is 0 Å². The highest BCUT2D eigenvalue weighted by Gasteiger charge is 2.48. The van der Waals surface area contributed by atoms with E-state index in [4.69, 9.17) is 10.2 Å².